The Morgan fingerprint density at radius 2 is 2.14 bits per heavy atom. The molecule has 0 aliphatic heterocycles. The molecule has 6 nitrogen and oxygen atoms in total. The molecule has 2 rings (SSSR count). The first kappa shape index (κ1) is 8.82. The normalized spacial score (nSPS) is 10.9. The average Bonchev–Trinajstić information content (AvgIpc) is 2.59. The molecular formula is C7H5N3O3S. The van der Waals surface area contributed by atoms with Crippen LogP contribution in [0, 0.1) is 4.91 Å². The minimum atomic E-state index is -2.72. The Labute approximate surface area is 80.1 Å². The van der Waals surface area contributed by atoms with E-state index in [-0.39, 0.29) is 10.7 Å². The van der Waals surface area contributed by atoms with Gasteiger partial charge in [-0.25, -0.2) is 13.4 Å². The number of aromatic nitrogens is 2. The zero-order valence-corrected chi connectivity index (χ0v) is 7.72. The molecule has 0 spiro atoms. The zero-order valence-electron chi connectivity index (χ0n) is 6.82. The summed E-state index contributed by atoms with van der Waals surface area (Å²) in [6.07, 6.45) is 2.56. The van der Waals surface area contributed by atoms with Gasteiger partial charge in [-0.15, -0.1) is 4.91 Å². The molecule has 2 aromatic heterocycles. The number of rotatable bonds is 2. The van der Waals surface area contributed by atoms with E-state index in [4.69, 9.17) is 0 Å². The summed E-state index contributed by atoms with van der Waals surface area (Å²) in [5.41, 5.74) is 0.625. The predicted molar refractivity (Wildman–Crippen MR) is 49.2 cm³/mol. The van der Waals surface area contributed by atoms with Crippen molar-refractivity contribution in [2.24, 2.45) is 5.18 Å². The number of imidazole rings is 1. The summed E-state index contributed by atoms with van der Waals surface area (Å²) >= 11 is 0. The second-order valence-corrected chi connectivity index (χ2v) is 3.55. The molecular weight excluding hydrogens is 206 g/mol. The highest BCUT2D eigenvalue weighted by Crippen LogP contribution is 2.15. The third-order valence-corrected chi connectivity index (χ3v) is 2.47. The molecule has 0 saturated carbocycles. The molecule has 0 aromatic carbocycles. The summed E-state index contributed by atoms with van der Waals surface area (Å²) in [5.74, 6) is 0. The number of nitroso groups, excluding NO2 is 1. The second kappa shape index (κ2) is 3.18. The Bertz CT molecular complexity index is 565. The topological polar surface area (TPSA) is 80.9 Å². The van der Waals surface area contributed by atoms with Crippen molar-refractivity contribution < 1.29 is 8.42 Å². The summed E-state index contributed by atoms with van der Waals surface area (Å²) in [4.78, 5) is 14.1. The lowest BCUT2D eigenvalue weighted by atomic mass is 10.4. The van der Waals surface area contributed by atoms with Gasteiger partial charge in [0.25, 0.3) is 0 Å². The molecule has 0 bridgehead atoms. The van der Waals surface area contributed by atoms with Gasteiger partial charge in [-0.1, -0.05) is 0 Å². The van der Waals surface area contributed by atoms with Gasteiger partial charge < -0.3 is 0 Å². The first-order valence-corrected chi connectivity index (χ1v) is 4.85. The Morgan fingerprint density at radius 1 is 1.36 bits per heavy atom. The van der Waals surface area contributed by atoms with E-state index in [9.17, 15) is 13.3 Å². The first-order chi connectivity index (χ1) is 6.72. The van der Waals surface area contributed by atoms with Crippen LogP contribution in [-0.4, -0.2) is 17.8 Å². The maximum atomic E-state index is 10.7. The van der Waals surface area contributed by atoms with E-state index in [2.05, 4.69) is 10.2 Å². The van der Waals surface area contributed by atoms with Crippen molar-refractivity contribution in [1.82, 2.24) is 9.38 Å². The molecule has 0 saturated heterocycles. The number of nitrogens with zero attached hydrogens (tertiary/aromatic N) is 3. The van der Waals surface area contributed by atoms with Crippen LogP contribution in [0.1, 0.15) is 0 Å². The highest BCUT2D eigenvalue weighted by Gasteiger charge is 2.05. The summed E-state index contributed by atoms with van der Waals surface area (Å²) in [6.45, 7) is 0. The third-order valence-electron chi connectivity index (χ3n) is 1.76. The van der Waals surface area contributed by atoms with E-state index >= 15 is 0 Å². The highest BCUT2D eigenvalue weighted by atomic mass is 32.2. The van der Waals surface area contributed by atoms with E-state index in [1.54, 1.807) is 0 Å². The summed E-state index contributed by atoms with van der Waals surface area (Å²) in [7, 11) is -2.72. The van der Waals surface area contributed by atoms with Gasteiger partial charge in [0.2, 0.25) is 0 Å². The molecule has 14 heavy (non-hydrogen) atoms. The van der Waals surface area contributed by atoms with Gasteiger partial charge in [-0.05, 0) is 17.3 Å². The van der Waals surface area contributed by atoms with Crippen LogP contribution in [-0.2, 0) is 10.7 Å². The van der Waals surface area contributed by atoms with Gasteiger partial charge in [0.15, 0.2) is 15.7 Å². The smallest absolute Gasteiger partial charge is 0.185 e. The molecule has 2 aromatic rings. The Morgan fingerprint density at radius 3 is 2.79 bits per heavy atom. The van der Waals surface area contributed by atoms with Crippen LogP contribution >= 0.6 is 0 Å². The molecule has 2 heterocycles. The molecule has 0 radical (unpaired) electrons. The number of pyridine rings is 1. The van der Waals surface area contributed by atoms with Gasteiger partial charge >= 0.3 is 0 Å². The van der Waals surface area contributed by atoms with Crippen LogP contribution in [0.5, 0.6) is 0 Å². The second-order valence-electron chi connectivity index (χ2n) is 2.58. The SMILES string of the molecule is O=Nc1ccc2ncc([SH](=O)=O)n2c1. The molecule has 0 aliphatic carbocycles. The highest BCUT2D eigenvalue weighted by molar-refractivity contribution is 7.72. The molecule has 0 unspecified atom stereocenters. The summed E-state index contributed by atoms with van der Waals surface area (Å²) in [6, 6.07) is 3.00. The van der Waals surface area contributed by atoms with Gasteiger partial charge in [0.05, 0.1) is 6.20 Å². The fourth-order valence-electron chi connectivity index (χ4n) is 1.15. The van der Waals surface area contributed by atoms with Gasteiger partial charge in [-0.2, -0.15) is 0 Å². The van der Waals surface area contributed by atoms with Crippen molar-refractivity contribution in [1.29, 1.82) is 0 Å². The van der Waals surface area contributed by atoms with Crippen molar-refractivity contribution in [2.45, 2.75) is 5.03 Å². The van der Waals surface area contributed by atoms with Crippen LogP contribution in [0.15, 0.2) is 34.7 Å². The number of hydrogen-bond donors (Lipinski definition) is 1. The largest absolute Gasteiger partial charge is 0.288 e. The fraction of sp³-hybridized carbons (Fsp3) is 0. The Balaban J connectivity index is 2.82. The minimum absolute atomic E-state index is 0.0421. The van der Waals surface area contributed by atoms with Crippen molar-refractivity contribution in [3.8, 4) is 0 Å². The summed E-state index contributed by atoms with van der Waals surface area (Å²) < 4.78 is 22.8. The number of thiol groups is 1. The molecule has 72 valence electrons. The lowest BCUT2D eigenvalue weighted by Gasteiger charge is -1.94. The molecule has 0 aliphatic rings. The van der Waals surface area contributed by atoms with Crippen LogP contribution in [0.4, 0.5) is 5.69 Å². The van der Waals surface area contributed by atoms with Crippen LogP contribution in [0.25, 0.3) is 5.65 Å². The zero-order chi connectivity index (χ0) is 10.1. The average molecular weight is 211 g/mol. The van der Waals surface area contributed by atoms with Crippen molar-refractivity contribution in [3.63, 3.8) is 0 Å². The van der Waals surface area contributed by atoms with E-state index < -0.39 is 10.7 Å². The lowest BCUT2D eigenvalue weighted by molar-refractivity contribution is 0.610. The number of fused-ring (bicyclic) bond motifs is 1. The standard InChI is InChI=1S/C7H5N3O3S/c11-9-5-1-2-6-8-3-7(14(12)13)10(6)4-5/h1-4,14H. The van der Waals surface area contributed by atoms with Crippen LogP contribution in [0.3, 0.4) is 0 Å². The van der Waals surface area contributed by atoms with E-state index in [1.165, 1.54) is 28.9 Å². The molecule has 0 amide bonds. The molecule has 0 fully saturated rings. The lowest BCUT2D eigenvalue weighted by Crippen LogP contribution is -1.89. The van der Waals surface area contributed by atoms with E-state index in [0.717, 1.165) is 0 Å². The molecule has 0 N–H and O–H groups in total. The van der Waals surface area contributed by atoms with E-state index in [1.807, 2.05) is 0 Å². The maximum Gasteiger partial charge on any atom is 0.185 e. The number of hydrogen-bond acceptors (Lipinski definition) is 5. The van der Waals surface area contributed by atoms with Crippen molar-refractivity contribution in [2.75, 3.05) is 0 Å². The van der Waals surface area contributed by atoms with Crippen molar-refractivity contribution in [3.05, 3.63) is 29.4 Å². The van der Waals surface area contributed by atoms with Gasteiger partial charge in [-0.3, -0.25) is 4.40 Å². The van der Waals surface area contributed by atoms with E-state index in [0.29, 0.717) is 5.65 Å². The van der Waals surface area contributed by atoms with Crippen LogP contribution < -0.4 is 0 Å². The fourth-order valence-corrected chi connectivity index (χ4v) is 1.63. The van der Waals surface area contributed by atoms with Crippen molar-refractivity contribution >= 4 is 22.0 Å². The first-order valence-electron chi connectivity index (χ1n) is 3.67. The third kappa shape index (κ3) is 1.27. The Hall–Kier alpha value is -1.76. The predicted octanol–water partition coefficient (Wildman–Crippen LogP) is 0.703. The monoisotopic (exact) mass is 211 g/mol. The van der Waals surface area contributed by atoms with Crippen LogP contribution in [0.2, 0.25) is 0 Å². The molecule has 0 atom stereocenters. The van der Waals surface area contributed by atoms with Gasteiger partial charge in [0, 0.05) is 6.20 Å². The minimum Gasteiger partial charge on any atom is -0.288 e. The summed E-state index contributed by atoms with van der Waals surface area (Å²) in [5, 5.41) is 2.75. The maximum absolute atomic E-state index is 10.7. The Kier molecular flexibility index (Phi) is 2.01. The molecule has 7 heteroatoms. The van der Waals surface area contributed by atoms with Gasteiger partial charge in [0.1, 0.15) is 11.3 Å². The quantitative estimate of drug-likeness (QED) is 0.585.